The monoisotopic (exact) mass is 312 g/mol. The van der Waals surface area contributed by atoms with Crippen LogP contribution in [0.5, 0.6) is 0 Å². The van der Waals surface area contributed by atoms with Gasteiger partial charge in [-0.05, 0) is 22.4 Å². The van der Waals surface area contributed by atoms with Gasteiger partial charge in [0.25, 0.3) is 0 Å². The lowest BCUT2D eigenvalue weighted by molar-refractivity contribution is -0.135. The minimum atomic E-state index is -0.756. The maximum absolute atomic E-state index is 12.1. The zero-order chi connectivity index (χ0) is 13.3. The summed E-state index contributed by atoms with van der Waals surface area (Å²) in [5, 5.41) is 3.95. The molecule has 1 saturated carbocycles. The number of aromatic nitrogens is 2. The molecule has 96 valence electrons. The van der Waals surface area contributed by atoms with Gasteiger partial charge in [0, 0.05) is 26.3 Å². The van der Waals surface area contributed by atoms with Crippen molar-refractivity contribution < 1.29 is 14.4 Å². The van der Waals surface area contributed by atoms with Crippen molar-refractivity contribution in [2.75, 3.05) is 0 Å². The number of carbonyl (C=O) groups excluding carboxylic acids is 3. The molecule has 0 atom stereocenters. The van der Waals surface area contributed by atoms with Gasteiger partial charge in [0.1, 0.15) is 17.3 Å². The molecule has 0 aromatic carbocycles. The number of aryl methyl sites for hydroxylation is 1. The van der Waals surface area contributed by atoms with Gasteiger partial charge in [-0.25, -0.2) is 0 Å². The minimum Gasteiger partial charge on any atom is -0.299 e. The Kier molecular flexibility index (Phi) is 3.75. The molecule has 5 nitrogen and oxygen atoms in total. The Bertz CT molecular complexity index is 486. The second-order valence-corrected chi connectivity index (χ2v) is 5.29. The molecular formula is C12H13BrN2O3. The van der Waals surface area contributed by atoms with Gasteiger partial charge >= 0.3 is 0 Å². The molecule has 2 rings (SSSR count). The molecule has 0 aliphatic heterocycles. The van der Waals surface area contributed by atoms with E-state index in [0.29, 0.717) is 29.4 Å². The Morgan fingerprint density at radius 1 is 1.44 bits per heavy atom. The lowest BCUT2D eigenvalue weighted by Gasteiger charge is -2.18. The topological polar surface area (TPSA) is 69.0 Å². The Hall–Kier alpha value is -1.30. The molecule has 0 bridgehead atoms. The van der Waals surface area contributed by atoms with Crippen molar-refractivity contribution in [3.8, 4) is 0 Å². The lowest BCUT2D eigenvalue weighted by Crippen LogP contribution is -2.31. The molecule has 18 heavy (non-hydrogen) atoms. The van der Waals surface area contributed by atoms with Gasteiger partial charge in [0.15, 0.2) is 5.78 Å². The molecule has 0 N–H and O–H groups in total. The first-order chi connectivity index (χ1) is 8.50. The van der Waals surface area contributed by atoms with E-state index in [1.165, 1.54) is 10.9 Å². The Balaban J connectivity index is 2.16. The summed E-state index contributed by atoms with van der Waals surface area (Å²) in [6.45, 7) is 0. The van der Waals surface area contributed by atoms with Gasteiger partial charge in [0.2, 0.25) is 0 Å². The summed E-state index contributed by atoms with van der Waals surface area (Å²) in [5.74, 6) is -1.21. The number of Topliss-reactive ketones (excluding diaryl/α,β-unsaturated/α-hetero) is 3. The fourth-order valence-corrected chi connectivity index (χ4v) is 2.77. The third-order valence-electron chi connectivity index (χ3n) is 3.17. The molecule has 0 radical (unpaired) electrons. The van der Waals surface area contributed by atoms with Crippen LogP contribution in [0.4, 0.5) is 0 Å². The van der Waals surface area contributed by atoms with E-state index in [2.05, 4.69) is 21.0 Å². The van der Waals surface area contributed by atoms with Crippen LogP contribution in [0.15, 0.2) is 10.7 Å². The van der Waals surface area contributed by atoms with Crippen molar-refractivity contribution in [2.24, 2.45) is 13.0 Å². The quantitative estimate of drug-likeness (QED) is 0.629. The van der Waals surface area contributed by atoms with Crippen molar-refractivity contribution in [1.82, 2.24) is 9.78 Å². The second-order valence-electron chi connectivity index (χ2n) is 4.43. The molecule has 1 aliphatic rings. The zero-order valence-corrected chi connectivity index (χ0v) is 11.6. The van der Waals surface area contributed by atoms with E-state index in [-0.39, 0.29) is 23.8 Å². The summed E-state index contributed by atoms with van der Waals surface area (Å²) in [6, 6.07) is 0. The average molecular weight is 313 g/mol. The first kappa shape index (κ1) is 13.1. The maximum Gasteiger partial charge on any atom is 0.183 e. The number of rotatable bonds is 3. The van der Waals surface area contributed by atoms with Crippen molar-refractivity contribution in [3.63, 3.8) is 0 Å². The second kappa shape index (κ2) is 5.14. The molecular weight excluding hydrogens is 300 g/mol. The van der Waals surface area contributed by atoms with Gasteiger partial charge in [0.05, 0.1) is 16.6 Å². The highest BCUT2D eigenvalue weighted by Gasteiger charge is 2.33. The van der Waals surface area contributed by atoms with Gasteiger partial charge in [-0.1, -0.05) is 0 Å². The van der Waals surface area contributed by atoms with E-state index in [4.69, 9.17) is 0 Å². The summed E-state index contributed by atoms with van der Waals surface area (Å²) in [6.07, 6.45) is 2.89. The molecule has 0 amide bonds. The van der Waals surface area contributed by atoms with Gasteiger partial charge in [-0.3, -0.25) is 19.1 Å². The molecule has 1 aromatic heterocycles. The maximum atomic E-state index is 12.1. The summed E-state index contributed by atoms with van der Waals surface area (Å²) >= 11 is 3.24. The zero-order valence-electron chi connectivity index (χ0n) is 9.98. The third-order valence-corrected chi connectivity index (χ3v) is 3.75. The van der Waals surface area contributed by atoms with Crippen LogP contribution in [-0.2, 0) is 16.6 Å². The third kappa shape index (κ3) is 2.43. The van der Waals surface area contributed by atoms with Gasteiger partial charge in [-0.2, -0.15) is 5.10 Å². The van der Waals surface area contributed by atoms with E-state index in [1.807, 2.05) is 0 Å². The van der Waals surface area contributed by atoms with Gasteiger partial charge < -0.3 is 0 Å². The van der Waals surface area contributed by atoms with Crippen LogP contribution < -0.4 is 0 Å². The molecule has 1 aliphatic carbocycles. The largest absolute Gasteiger partial charge is 0.299 e. The summed E-state index contributed by atoms with van der Waals surface area (Å²) < 4.78 is 2.04. The molecule has 0 spiro atoms. The highest BCUT2D eigenvalue weighted by atomic mass is 79.9. The fraction of sp³-hybridized carbons (Fsp3) is 0.500. The van der Waals surface area contributed by atoms with E-state index in [9.17, 15) is 14.4 Å². The van der Waals surface area contributed by atoms with Crippen LogP contribution in [0.3, 0.4) is 0 Å². The van der Waals surface area contributed by atoms with Crippen LogP contribution in [0.25, 0.3) is 0 Å². The fourth-order valence-electron chi connectivity index (χ4n) is 2.20. The average Bonchev–Trinajstić information content (AvgIpc) is 2.64. The number of nitrogens with zero attached hydrogens (tertiary/aromatic N) is 2. The summed E-state index contributed by atoms with van der Waals surface area (Å²) in [5.41, 5.74) is 0.404. The van der Waals surface area contributed by atoms with Crippen molar-refractivity contribution >= 4 is 33.3 Å². The van der Waals surface area contributed by atoms with Gasteiger partial charge in [-0.15, -0.1) is 0 Å². The van der Waals surface area contributed by atoms with Crippen molar-refractivity contribution in [2.45, 2.75) is 25.7 Å². The molecule has 1 heterocycles. The standard InChI is InChI=1S/C12H13BrN2O3/c1-15-12(8(13)6-14-15)11(18)5-7-9(16)3-2-4-10(7)17/h6-7H,2-5H2,1H3. The smallest absolute Gasteiger partial charge is 0.183 e. The van der Waals surface area contributed by atoms with Crippen LogP contribution in [0.2, 0.25) is 0 Å². The predicted molar refractivity (Wildman–Crippen MR) is 67.2 cm³/mol. The molecule has 0 unspecified atom stereocenters. The number of hydrogen-bond acceptors (Lipinski definition) is 4. The molecule has 1 aromatic rings. The first-order valence-corrected chi connectivity index (χ1v) is 6.56. The van der Waals surface area contributed by atoms with Crippen molar-refractivity contribution in [3.05, 3.63) is 16.4 Å². The number of ketones is 3. The van der Waals surface area contributed by atoms with Crippen LogP contribution in [-0.4, -0.2) is 27.1 Å². The van der Waals surface area contributed by atoms with E-state index in [1.54, 1.807) is 7.05 Å². The Morgan fingerprint density at radius 3 is 2.56 bits per heavy atom. The highest BCUT2D eigenvalue weighted by molar-refractivity contribution is 9.10. The van der Waals surface area contributed by atoms with E-state index < -0.39 is 5.92 Å². The Labute approximate surface area is 113 Å². The number of halogens is 1. The van der Waals surface area contributed by atoms with Crippen molar-refractivity contribution in [1.29, 1.82) is 0 Å². The Morgan fingerprint density at radius 2 is 2.06 bits per heavy atom. The summed E-state index contributed by atoms with van der Waals surface area (Å²) in [4.78, 5) is 35.5. The number of hydrogen-bond donors (Lipinski definition) is 0. The van der Waals surface area contributed by atoms with E-state index >= 15 is 0 Å². The summed E-state index contributed by atoms with van der Waals surface area (Å²) in [7, 11) is 1.66. The molecule has 6 heteroatoms. The van der Waals surface area contributed by atoms with Crippen LogP contribution in [0.1, 0.15) is 36.2 Å². The predicted octanol–water partition coefficient (Wildman–Crippen LogP) is 1.69. The molecule has 1 fully saturated rings. The van der Waals surface area contributed by atoms with E-state index in [0.717, 1.165) is 0 Å². The first-order valence-electron chi connectivity index (χ1n) is 5.77. The van der Waals surface area contributed by atoms with Crippen LogP contribution >= 0.6 is 15.9 Å². The highest BCUT2D eigenvalue weighted by Crippen LogP contribution is 2.24. The SMILES string of the molecule is Cn1ncc(Br)c1C(=O)CC1C(=O)CCCC1=O. The number of carbonyl (C=O) groups is 3. The minimum absolute atomic E-state index is 0.0458. The van der Waals surface area contributed by atoms with Crippen LogP contribution in [0, 0.1) is 5.92 Å². The lowest BCUT2D eigenvalue weighted by atomic mass is 9.83. The molecule has 0 saturated heterocycles. The normalized spacial score (nSPS) is 17.2.